The van der Waals surface area contributed by atoms with Gasteiger partial charge in [-0.1, -0.05) is 5.16 Å². The second kappa shape index (κ2) is 6.67. The summed E-state index contributed by atoms with van der Waals surface area (Å²) in [7, 11) is 0. The molecule has 4 rings (SSSR count). The first-order valence-corrected chi connectivity index (χ1v) is 9.30. The van der Waals surface area contributed by atoms with Gasteiger partial charge in [-0.3, -0.25) is 4.90 Å². The van der Waals surface area contributed by atoms with Crippen LogP contribution in [0.3, 0.4) is 0 Å². The van der Waals surface area contributed by atoms with Crippen LogP contribution in [0.25, 0.3) is 0 Å². The van der Waals surface area contributed by atoms with Gasteiger partial charge in [-0.05, 0) is 45.2 Å². The van der Waals surface area contributed by atoms with Gasteiger partial charge in [0.25, 0.3) is 0 Å². The van der Waals surface area contributed by atoms with E-state index in [0.29, 0.717) is 11.8 Å². The lowest BCUT2D eigenvalue weighted by atomic mass is 10.1. The molecule has 0 bridgehead atoms. The number of nitrogens with zero attached hydrogens (tertiary/aromatic N) is 4. The van der Waals surface area contributed by atoms with Gasteiger partial charge in [0.2, 0.25) is 5.89 Å². The van der Waals surface area contributed by atoms with Crippen molar-refractivity contribution in [2.24, 2.45) is 5.92 Å². The van der Waals surface area contributed by atoms with Crippen molar-refractivity contribution in [3.05, 3.63) is 27.8 Å². The van der Waals surface area contributed by atoms with E-state index in [9.17, 15) is 0 Å². The average Bonchev–Trinajstić information content (AvgIpc) is 2.91. The van der Waals surface area contributed by atoms with E-state index in [1.54, 1.807) is 11.3 Å². The zero-order chi connectivity index (χ0) is 15.6. The number of rotatable bonds is 7. The Morgan fingerprint density at radius 2 is 2.26 bits per heavy atom. The molecule has 0 aromatic carbocycles. The summed E-state index contributed by atoms with van der Waals surface area (Å²) in [6, 6.07) is 0. The van der Waals surface area contributed by atoms with Crippen LogP contribution < -0.4 is 5.32 Å². The fourth-order valence-corrected chi connectivity index (χ4v) is 3.95. The molecule has 0 spiro atoms. The van der Waals surface area contributed by atoms with E-state index >= 15 is 0 Å². The maximum atomic E-state index is 5.48. The Bertz CT molecular complexity index is 644. The van der Waals surface area contributed by atoms with Crippen LogP contribution in [-0.4, -0.2) is 39.7 Å². The molecule has 1 atom stereocenters. The van der Waals surface area contributed by atoms with Gasteiger partial charge in [-0.2, -0.15) is 4.98 Å². The predicted molar refractivity (Wildman–Crippen MR) is 88.2 cm³/mol. The van der Waals surface area contributed by atoms with E-state index in [1.807, 2.05) is 5.51 Å². The maximum Gasteiger partial charge on any atom is 0.240 e. The lowest BCUT2D eigenvalue weighted by molar-refractivity contribution is 0.193. The molecule has 1 saturated carbocycles. The molecule has 23 heavy (non-hydrogen) atoms. The molecule has 0 amide bonds. The minimum Gasteiger partial charge on any atom is -0.338 e. The van der Waals surface area contributed by atoms with Crippen molar-refractivity contribution in [1.82, 2.24) is 25.3 Å². The number of aryl methyl sites for hydroxylation is 1. The number of thiazole rings is 1. The third kappa shape index (κ3) is 3.79. The van der Waals surface area contributed by atoms with E-state index in [2.05, 4.69) is 32.3 Å². The fourth-order valence-electron chi connectivity index (χ4n) is 3.13. The van der Waals surface area contributed by atoms with Crippen molar-refractivity contribution in [3.63, 3.8) is 0 Å². The Labute approximate surface area is 140 Å². The van der Waals surface area contributed by atoms with Gasteiger partial charge in [0.1, 0.15) is 0 Å². The highest BCUT2D eigenvalue weighted by Crippen LogP contribution is 2.38. The molecule has 1 N–H and O–H groups in total. The summed E-state index contributed by atoms with van der Waals surface area (Å²) in [5, 5.41) is 7.59. The SMILES string of the molecule is Cc1ncsc1CN(Cc1nc(C2CC2)no1)C[C@@H]1CCNC1. The van der Waals surface area contributed by atoms with Crippen molar-refractivity contribution < 1.29 is 4.52 Å². The summed E-state index contributed by atoms with van der Waals surface area (Å²) < 4.78 is 5.48. The Balaban J connectivity index is 1.44. The summed E-state index contributed by atoms with van der Waals surface area (Å²) in [6.07, 6.45) is 3.66. The smallest absolute Gasteiger partial charge is 0.240 e. The maximum absolute atomic E-state index is 5.48. The lowest BCUT2D eigenvalue weighted by Gasteiger charge is -2.23. The van der Waals surface area contributed by atoms with Crippen molar-refractivity contribution in [2.75, 3.05) is 19.6 Å². The Morgan fingerprint density at radius 1 is 1.35 bits per heavy atom. The minimum atomic E-state index is 0.545. The monoisotopic (exact) mass is 333 g/mol. The summed E-state index contributed by atoms with van der Waals surface area (Å²) in [6.45, 7) is 7.02. The van der Waals surface area contributed by atoms with Gasteiger partial charge in [0, 0.05) is 23.9 Å². The third-order valence-electron chi connectivity index (χ3n) is 4.68. The van der Waals surface area contributed by atoms with Gasteiger partial charge in [0.15, 0.2) is 5.82 Å². The molecule has 1 aliphatic carbocycles. The molecule has 2 fully saturated rings. The third-order valence-corrected chi connectivity index (χ3v) is 5.60. The fraction of sp³-hybridized carbons (Fsp3) is 0.688. The van der Waals surface area contributed by atoms with Gasteiger partial charge < -0.3 is 9.84 Å². The van der Waals surface area contributed by atoms with Crippen LogP contribution in [0.2, 0.25) is 0 Å². The number of hydrogen-bond donors (Lipinski definition) is 1. The largest absolute Gasteiger partial charge is 0.338 e. The van der Waals surface area contributed by atoms with Crippen molar-refractivity contribution in [2.45, 2.75) is 45.2 Å². The van der Waals surface area contributed by atoms with Gasteiger partial charge in [0.05, 0.1) is 17.7 Å². The average molecular weight is 333 g/mol. The Morgan fingerprint density at radius 3 is 2.96 bits per heavy atom. The quantitative estimate of drug-likeness (QED) is 0.839. The minimum absolute atomic E-state index is 0.545. The van der Waals surface area contributed by atoms with E-state index in [-0.39, 0.29) is 0 Å². The first kappa shape index (κ1) is 15.2. The molecular formula is C16H23N5OS. The van der Waals surface area contributed by atoms with Crippen LogP contribution in [0.15, 0.2) is 10.0 Å². The van der Waals surface area contributed by atoms with Crippen LogP contribution in [0.4, 0.5) is 0 Å². The first-order chi connectivity index (χ1) is 11.3. The molecule has 1 saturated heterocycles. The first-order valence-electron chi connectivity index (χ1n) is 8.42. The number of aromatic nitrogens is 3. The second-order valence-corrected chi connectivity index (χ2v) is 7.65. The highest BCUT2D eigenvalue weighted by molar-refractivity contribution is 7.09. The van der Waals surface area contributed by atoms with E-state index in [1.165, 1.54) is 24.1 Å². The molecule has 3 heterocycles. The van der Waals surface area contributed by atoms with Gasteiger partial charge in [-0.25, -0.2) is 4.98 Å². The number of nitrogens with one attached hydrogen (secondary N) is 1. The zero-order valence-electron chi connectivity index (χ0n) is 13.5. The highest BCUT2D eigenvalue weighted by atomic mass is 32.1. The molecule has 2 aliphatic rings. The predicted octanol–water partition coefficient (Wildman–Crippen LogP) is 2.32. The van der Waals surface area contributed by atoms with Crippen molar-refractivity contribution >= 4 is 11.3 Å². The molecule has 1 aliphatic heterocycles. The summed E-state index contributed by atoms with van der Waals surface area (Å²) in [5.74, 6) is 2.90. The molecule has 0 unspecified atom stereocenters. The highest BCUT2D eigenvalue weighted by Gasteiger charge is 2.29. The molecule has 124 valence electrons. The number of hydrogen-bond acceptors (Lipinski definition) is 7. The summed E-state index contributed by atoms with van der Waals surface area (Å²) >= 11 is 1.73. The zero-order valence-corrected chi connectivity index (χ0v) is 14.3. The topological polar surface area (TPSA) is 67.1 Å². The Kier molecular flexibility index (Phi) is 4.41. The van der Waals surface area contributed by atoms with Crippen molar-refractivity contribution in [1.29, 1.82) is 0 Å². The molecule has 7 heteroatoms. The lowest BCUT2D eigenvalue weighted by Crippen LogP contribution is -2.30. The molecule has 2 aromatic rings. The summed E-state index contributed by atoms with van der Waals surface area (Å²) in [5.41, 5.74) is 3.06. The Hall–Kier alpha value is -1.31. The summed E-state index contributed by atoms with van der Waals surface area (Å²) in [4.78, 5) is 12.7. The van der Waals surface area contributed by atoms with E-state index in [4.69, 9.17) is 4.52 Å². The van der Waals surface area contributed by atoms with E-state index in [0.717, 1.165) is 50.1 Å². The van der Waals surface area contributed by atoms with Crippen LogP contribution in [0, 0.1) is 12.8 Å². The van der Waals surface area contributed by atoms with Gasteiger partial charge >= 0.3 is 0 Å². The van der Waals surface area contributed by atoms with Crippen LogP contribution in [0.1, 0.15) is 47.5 Å². The van der Waals surface area contributed by atoms with Crippen molar-refractivity contribution in [3.8, 4) is 0 Å². The molecule has 0 radical (unpaired) electrons. The second-order valence-electron chi connectivity index (χ2n) is 6.71. The van der Waals surface area contributed by atoms with Crippen LogP contribution in [-0.2, 0) is 13.1 Å². The normalized spacial score (nSPS) is 21.4. The van der Waals surface area contributed by atoms with E-state index < -0.39 is 0 Å². The van der Waals surface area contributed by atoms with Gasteiger partial charge in [-0.15, -0.1) is 11.3 Å². The van der Waals surface area contributed by atoms with Crippen LogP contribution >= 0.6 is 11.3 Å². The standard InChI is InChI=1S/C16H23N5OS/c1-11-14(23-10-18-11)8-21(7-12-4-5-17-6-12)9-15-19-16(20-22-15)13-2-3-13/h10,12-13,17H,2-9H2,1H3/t12-/m1/s1. The molecular weight excluding hydrogens is 310 g/mol. The van der Waals surface area contributed by atoms with Crippen LogP contribution in [0.5, 0.6) is 0 Å². The molecule has 2 aromatic heterocycles. The molecule has 6 nitrogen and oxygen atoms in total.